The fourth-order valence-electron chi connectivity index (χ4n) is 1.55. The average Bonchev–Trinajstić information content (AvgIpc) is 2.25. The van der Waals surface area contributed by atoms with E-state index in [1.54, 1.807) is 6.07 Å². The van der Waals surface area contributed by atoms with Crippen molar-refractivity contribution < 1.29 is 18.0 Å². The molecule has 0 aliphatic carbocycles. The van der Waals surface area contributed by atoms with Gasteiger partial charge in [0.25, 0.3) is 0 Å². The molecule has 1 rings (SSSR count). The lowest BCUT2D eigenvalue weighted by molar-refractivity contribution is -0.137. The van der Waals surface area contributed by atoms with Crippen molar-refractivity contribution in [1.82, 2.24) is 5.32 Å². The minimum absolute atomic E-state index is 0.0383. The quantitative estimate of drug-likeness (QED) is 0.807. The van der Waals surface area contributed by atoms with E-state index in [-0.39, 0.29) is 12.6 Å². The van der Waals surface area contributed by atoms with Crippen LogP contribution >= 0.6 is 0 Å². The summed E-state index contributed by atoms with van der Waals surface area (Å²) in [5.41, 5.74) is -0.0386. The Labute approximate surface area is 97.8 Å². The molecule has 2 nitrogen and oxygen atoms in total. The lowest BCUT2D eigenvalue weighted by atomic mass is 10.0. The number of hydrogen-bond donors (Lipinski definition) is 1. The Balaban J connectivity index is 2.69. The van der Waals surface area contributed by atoms with Crippen LogP contribution in [0.4, 0.5) is 13.2 Å². The highest BCUT2D eigenvalue weighted by molar-refractivity contribution is 5.51. The van der Waals surface area contributed by atoms with Crippen LogP contribution < -0.4 is 5.32 Å². The number of benzene rings is 1. The van der Waals surface area contributed by atoms with Crippen molar-refractivity contribution in [2.24, 2.45) is 0 Å². The topological polar surface area (TPSA) is 29.1 Å². The molecule has 17 heavy (non-hydrogen) atoms. The summed E-state index contributed by atoms with van der Waals surface area (Å²) in [6.07, 6.45) is -3.13. The molecule has 1 N–H and O–H groups in total. The van der Waals surface area contributed by atoms with E-state index in [2.05, 4.69) is 5.32 Å². The van der Waals surface area contributed by atoms with Crippen LogP contribution in [0.25, 0.3) is 0 Å². The van der Waals surface area contributed by atoms with E-state index < -0.39 is 11.7 Å². The molecule has 0 amide bonds. The molecule has 0 bridgehead atoms. The van der Waals surface area contributed by atoms with Crippen molar-refractivity contribution in [1.29, 1.82) is 0 Å². The highest BCUT2D eigenvalue weighted by Crippen LogP contribution is 2.29. The molecule has 94 valence electrons. The van der Waals surface area contributed by atoms with Crippen molar-refractivity contribution in [3.05, 3.63) is 35.4 Å². The van der Waals surface area contributed by atoms with Gasteiger partial charge in [0.05, 0.1) is 12.1 Å². The maximum absolute atomic E-state index is 12.4. The van der Waals surface area contributed by atoms with Gasteiger partial charge in [0, 0.05) is 6.04 Å². The second kappa shape index (κ2) is 5.82. The SMILES string of the molecule is CC(Cc1cccc(C(F)(F)F)c1)NCC=O. The van der Waals surface area contributed by atoms with Crippen LogP contribution in [0.1, 0.15) is 18.1 Å². The Bertz CT molecular complexity index is 376. The largest absolute Gasteiger partial charge is 0.416 e. The zero-order valence-corrected chi connectivity index (χ0v) is 9.42. The van der Waals surface area contributed by atoms with Crippen LogP contribution in [0.15, 0.2) is 24.3 Å². The second-order valence-electron chi connectivity index (χ2n) is 3.88. The summed E-state index contributed by atoms with van der Waals surface area (Å²) in [6.45, 7) is 2.03. The first kappa shape index (κ1) is 13.7. The number of carbonyl (C=O) groups excluding carboxylic acids is 1. The maximum atomic E-state index is 12.4. The summed E-state index contributed by atoms with van der Waals surface area (Å²) in [5.74, 6) is 0. The lowest BCUT2D eigenvalue weighted by Crippen LogP contribution is -2.29. The number of rotatable bonds is 5. The molecule has 0 fully saturated rings. The van der Waals surface area contributed by atoms with E-state index in [4.69, 9.17) is 0 Å². The molecule has 1 unspecified atom stereocenters. The van der Waals surface area contributed by atoms with Gasteiger partial charge in [-0.2, -0.15) is 13.2 Å². The molecule has 0 heterocycles. The molecule has 1 aromatic rings. The molecule has 0 radical (unpaired) electrons. The van der Waals surface area contributed by atoms with Gasteiger partial charge in [0.15, 0.2) is 0 Å². The smallest absolute Gasteiger partial charge is 0.307 e. The van der Waals surface area contributed by atoms with Crippen molar-refractivity contribution in [3.8, 4) is 0 Å². The van der Waals surface area contributed by atoms with Crippen molar-refractivity contribution in [2.45, 2.75) is 25.6 Å². The average molecular weight is 245 g/mol. The lowest BCUT2D eigenvalue weighted by Gasteiger charge is -2.13. The van der Waals surface area contributed by atoms with E-state index in [9.17, 15) is 18.0 Å². The molecular weight excluding hydrogens is 231 g/mol. The molecular formula is C12H14F3NO. The van der Waals surface area contributed by atoms with Gasteiger partial charge in [0.1, 0.15) is 6.29 Å². The third-order valence-corrected chi connectivity index (χ3v) is 2.35. The van der Waals surface area contributed by atoms with Gasteiger partial charge in [0.2, 0.25) is 0 Å². The summed E-state index contributed by atoms with van der Waals surface area (Å²) in [6, 6.07) is 5.19. The van der Waals surface area contributed by atoms with Crippen LogP contribution in [0.2, 0.25) is 0 Å². The summed E-state index contributed by atoms with van der Waals surface area (Å²) in [5, 5.41) is 2.89. The van der Waals surface area contributed by atoms with Gasteiger partial charge < -0.3 is 10.1 Å². The van der Waals surface area contributed by atoms with Crippen molar-refractivity contribution >= 4 is 6.29 Å². The van der Waals surface area contributed by atoms with Gasteiger partial charge in [-0.1, -0.05) is 18.2 Å². The summed E-state index contributed by atoms with van der Waals surface area (Å²) in [7, 11) is 0. The molecule has 0 saturated heterocycles. The predicted molar refractivity (Wildman–Crippen MR) is 58.7 cm³/mol. The molecule has 0 aliphatic rings. The predicted octanol–water partition coefficient (Wildman–Crippen LogP) is 2.42. The molecule has 0 spiro atoms. The fourth-order valence-corrected chi connectivity index (χ4v) is 1.55. The Morgan fingerprint density at radius 2 is 2.12 bits per heavy atom. The van der Waals surface area contributed by atoms with E-state index in [0.29, 0.717) is 12.0 Å². The Morgan fingerprint density at radius 1 is 1.41 bits per heavy atom. The van der Waals surface area contributed by atoms with Crippen LogP contribution in [0.5, 0.6) is 0 Å². The standard InChI is InChI=1S/C12H14F3NO/c1-9(16-5-6-17)7-10-3-2-4-11(8-10)12(13,14)15/h2-4,6,8-9,16H,5,7H2,1H3. The van der Waals surface area contributed by atoms with E-state index in [0.717, 1.165) is 18.4 Å². The number of hydrogen-bond acceptors (Lipinski definition) is 2. The minimum Gasteiger partial charge on any atom is -0.307 e. The van der Waals surface area contributed by atoms with Gasteiger partial charge in [-0.05, 0) is 25.0 Å². The zero-order chi connectivity index (χ0) is 12.9. The van der Waals surface area contributed by atoms with Gasteiger partial charge in [-0.25, -0.2) is 0 Å². The van der Waals surface area contributed by atoms with Crippen molar-refractivity contribution in [2.75, 3.05) is 6.54 Å². The first-order valence-corrected chi connectivity index (χ1v) is 5.26. The molecule has 0 aromatic heterocycles. The maximum Gasteiger partial charge on any atom is 0.416 e. The number of carbonyl (C=O) groups is 1. The van der Waals surface area contributed by atoms with Crippen LogP contribution in [0.3, 0.4) is 0 Å². The number of alkyl halides is 3. The second-order valence-corrected chi connectivity index (χ2v) is 3.88. The highest BCUT2D eigenvalue weighted by atomic mass is 19.4. The molecule has 0 saturated carbocycles. The van der Waals surface area contributed by atoms with E-state index >= 15 is 0 Å². The normalized spacial score (nSPS) is 13.4. The Kier molecular flexibility index (Phi) is 4.69. The zero-order valence-electron chi connectivity index (χ0n) is 9.42. The Morgan fingerprint density at radius 3 is 2.71 bits per heavy atom. The van der Waals surface area contributed by atoms with Gasteiger partial charge in [-0.15, -0.1) is 0 Å². The first-order valence-electron chi connectivity index (χ1n) is 5.26. The fraction of sp³-hybridized carbons (Fsp3) is 0.417. The summed E-state index contributed by atoms with van der Waals surface area (Å²) < 4.78 is 37.3. The van der Waals surface area contributed by atoms with Crippen molar-refractivity contribution in [3.63, 3.8) is 0 Å². The first-order chi connectivity index (χ1) is 7.93. The summed E-state index contributed by atoms with van der Waals surface area (Å²) >= 11 is 0. The highest BCUT2D eigenvalue weighted by Gasteiger charge is 2.30. The third-order valence-electron chi connectivity index (χ3n) is 2.35. The molecule has 0 aliphatic heterocycles. The number of halogens is 3. The van der Waals surface area contributed by atoms with E-state index in [1.807, 2.05) is 6.92 Å². The van der Waals surface area contributed by atoms with Gasteiger partial charge >= 0.3 is 6.18 Å². The van der Waals surface area contributed by atoms with Gasteiger partial charge in [-0.3, -0.25) is 0 Å². The molecule has 5 heteroatoms. The summed E-state index contributed by atoms with van der Waals surface area (Å²) in [4.78, 5) is 10.1. The monoisotopic (exact) mass is 245 g/mol. The molecule has 1 atom stereocenters. The van der Waals surface area contributed by atoms with Crippen LogP contribution in [0, 0.1) is 0 Å². The minimum atomic E-state index is -4.31. The van der Waals surface area contributed by atoms with Crippen LogP contribution in [-0.4, -0.2) is 18.9 Å². The van der Waals surface area contributed by atoms with E-state index in [1.165, 1.54) is 6.07 Å². The third kappa shape index (κ3) is 4.56. The molecule has 1 aromatic carbocycles. The number of aldehydes is 1. The Hall–Kier alpha value is -1.36. The number of nitrogens with one attached hydrogen (secondary N) is 1. The van der Waals surface area contributed by atoms with Crippen LogP contribution in [-0.2, 0) is 17.4 Å².